The molecule has 0 unspecified atom stereocenters. The second-order valence-corrected chi connectivity index (χ2v) is 4.18. The van der Waals surface area contributed by atoms with Crippen LogP contribution in [0, 0.1) is 0 Å². The Bertz CT molecular complexity index is 453. The van der Waals surface area contributed by atoms with Gasteiger partial charge in [0, 0.05) is 23.3 Å². The van der Waals surface area contributed by atoms with Crippen LogP contribution in [0.15, 0.2) is 47.1 Å². The molecule has 0 aliphatic rings. The Balaban J connectivity index is 2.11. The van der Waals surface area contributed by atoms with Crippen molar-refractivity contribution in [3.05, 3.63) is 52.6 Å². The molecule has 0 aliphatic carbocycles. The monoisotopic (exact) mass is 278 g/mol. The fourth-order valence-corrected chi connectivity index (χ4v) is 1.47. The van der Waals surface area contributed by atoms with E-state index < -0.39 is 0 Å². The van der Waals surface area contributed by atoms with Crippen LogP contribution in [0.25, 0.3) is 0 Å². The second kappa shape index (κ2) is 5.09. The molecule has 0 atom stereocenters. The Morgan fingerprint density at radius 2 is 1.88 bits per heavy atom. The molecule has 0 saturated carbocycles. The van der Waals surface area contributed by atoms with Gasteiger partial charge in [0.05, 0.1) is 0 Å². The van der Waals surface area contributed by atoms with E-state index in [9.17, 15) is 0 Å². The molecule has 0 fully saturated rings. The van der Waals surface area contributed by atoms with E-state index in [-0.39, 0.29) is 0 Å². The van der Waals surface area contributed by atoms with E-state index in [1.807, 2.05) is 30.3 Å². The minimum atomic E-state index is 0.539. The van der Waals surface area contributed by atoms with Crippen molar-refractivity contribution in [1.82, 2.24) is 4.98 Å². The summed E-state index contributed by atoms with van der Waals surface area (Å²) in [6.07, 6.45) is 1.70. The highest BCUT2D eigenvalue weighted by Gasteiger charge is 1.98. The standard InChI is InChI=1S/C12H11BrN2O/c13-10-3-6-12(15-8-10)16-11-4-1-9(7-14)2-5-11/h1-6,8H,7,14H2. The number of ether oxygens (including phenoxy) is 1. The lowest BCUT2D eigenvalue weighted by atomic mass is 10.2. The summed E-state index contributed by atoms with van der Waals surface area (Å²) in [5, 5.41) is 0. The number of rotatable bonds is 3. The third-order valence-corrected chi connectivity index (χ3v) is 2.55. The summed E-state index contributed by atoms with van der Waals surface area (Å²) in [5.74, 6) is 1.33. The maximum atomic E-state index is 5.56. The molecule has 0 bridgehead atoms. The van der Waals surface area contributed by atoms with Crippen LogP contribution in [0.3, 0.4) is 0 Å². The predicted molar refractivity (Wildman–Crippen MR) is 66.3 cm³/mol. The van der Waals surface area contributed by atoms with E-state index in [1.165, 1.54) is 0 Å². The normalized spacial score (nSPS) is 10.1. The van der Waals surface area contributed by atoms with Crippen LogP contribution in [0.5, 0.6) is 11.6 Å². The quantitative estimate of drug-likeness (QED) is 0.939. The second-order valence-electron chi connectivity index (χ2n) is 3.26. The number of nitrogens with zero attached hydrogens (tertiary/aromatic N) is 1. The van der Waals surface area contributed by atoms with Gasteiger partial charge in [-0.2, -0.15) is 0 Å². The van der Waals surface area contributed by atoms with E-state index in [0.717, 1.165) is 15.8 Å². The third-order valence-electron chi connectivity index (χ3n) is 2.08. The van der Waals surface area contributed by atoms with Gasteiger partial charge in [-0.25, -0.2) is 4.98 Å². The topological polar surface area (TPSA) is 48.1 Å². The molecular weight excluding hydrogens is 268 g/mol. The van der Waals surface area contributed by atoms with Crippen molar-refractivity contribution in [3.8, 4) is 11.6 Å². The smallest absolute Gasteiger partial charge is 0.219 e. The van der Waals surface area contributed by atoms with Crippen molar-refractivity contribution < 1.29 is 4.74 Å². The Morgan fingerprint density at radius 3 is 2.44 bits per heavy atom. The molecule has 1 aromatic heterocycles. The number of benzene rings is 1. The minimum Gasteiger partial charge on any atom is -0.439 e. The molecule has 2 N–H and O–H groups in total. The summed E-state index contributed by atoms with van der Waals surface area (Å²) >= 11 is 3.32. The minimum absolute atomic E-state index is 0.539. The molecule has 3 nitrogen and oxygen atoms in total. The Hall–Kier alpha value is -1.39. The van der Waals surface area contributed by atoms with E-state index >= 15 is 0 Å². The molecule has 4 heteroatoms. The van der Waals surface area contributed by atoms with Gasteiger partial charge in [-0.05, 0) is 39.7 Å². The van der Waals surface area contributed by atoms with Crippen LogP contribution >= 0.6 is 15.9 Å². The summed E-state index contributed by atoms with van der Waals surface area (Å²) in [4.78, 5) is 4.12. The first-order valence-corrected chi connectivity index (χ1v) is 5.65. The summed E-state index contributed by atoms with van der Waals surface area (Å²) in [6, 6.07) is 11.3. The molecule has 0 amide bonds. The summed E-state index contributed by atoms with van der Waals surface area (Å²) in [7, 11) is 0. The van der Waals surface area contributed by atoms with Crippen molar-refractivity contribution in [3.63, 3.8) is 0 Å². The fraction of sp³-hybridized carbons (Fsp3) is 0.0833. The maximum Gasteiger partial charge on any atom is 0.219 e. The van der Waals surface area contributed by atoms with Crippen molar-refractivity contribution in [2.45, 2.75) is 6.54 Å². The van der Waals surface area contributed by atoms with Crippen LogP contribution in [0.4, 0.5) is 0 Å². The van der Waals surface area contributed by atoms with Crippen LogP contribution < -0.4 is 10.5 Å². The highest BCUT2D eigenvalue weighted by molar-refractivity contribution is 9.10. The number of aromatic nitrogens is 1. The lowest BCUT2D eigenvalue weighted by molar-refractivity contribution is 0.462. The molecule has 2 aromatic rings. The molecular formula is C12H11BrN2O. The highest BCUT2D eigenvalue weighted by atomic mass is 79.9. The molecule has 0 aliphatic heterocycles. The van der Waals surface area contributed by atoms with Gasteiger partial charge in [-0.15, -0.1) is 0 Å². The van der Waals surface area contributed by atoms with Gasteiger partial charge in [-0.1, -0.05) is 12.1 Å². The first kappa shape index (κ1) is 11.1. The average molecular weight is 279 g/mol. The van der Waals surface area contributed by atoms with Gasteiger partial charge in [-0.3, -0.25) is 0 Å². The molecule has 0 saturated heterocycles. The first-order chi connectivity index (χ1) is 7.78. The molecule has 1 aromatic carbocycles. The fourth-order valence-electron chi connectivity index (χ4n) is 1.24. The van der Waals surface area contributed by atoms with E-state index in [0.29, 0.717) is 12.4 Å². The lowest BCUT2D eigenvalue weighted by Crippen LogP contribution is -1.95. The molecule has 82 valence electrons. The van der Waals surface area contributed by atoms with Crippen LogP contribution in [-0.4, -0.2) is 4.98 Å². The molecule has 16 heavy (non-hydrogen) atoms. The molecule has 2 rings (SSSR count). The largest absolute Gasteiger partial charge is 0.439 e. The van der Waals surface area contributed by atoms with Gasteiger partial charge in [0.25, 0.3) is 0 Å². The Morgan fingerprint density at radius 1 is 1.12 bits per heavy atom. The average Bonchev–Trinajstić information content (AvgIpc) is 2.33. The molecule has 0 radical (unpaired) electrons. The van der Waals surface area contributed by atoms with Crippen molar-refractivity contribution in [2.24, 2.45) is 5.73 Å². The van der Waals surface area contributed by atoms with Gasteiger partial charge in [0.15, 0.2) is 0 Å². The Kier molecular flexibility index (Phi) is 3.54. The summed E-state index contributed by atoms with van der Waals surface area (Å²) < 4.78 is 6.49. The van der Waals surface area contributed by atoms with Crippen LogP contribution in [0.2, 0.25) is 0 Å². The van der Waals surface area contributed by atoms with Crippen molar-refractivity contribution in [2.75, 3.05) is 0 Å². The zero-order valence-corrected chi connectivity index (χ0v) is 10.1. The highest BCUT2D eigenvalue weighted by Crippen LogP contribution is 2.20. The van der Waals surface area contributed by atoms with Gasteiger partial charge in [0.2, 0.25) is 5.88 Å². The number of nitrogens with two attached hydrogens (primary N) is 1. The SMILES string of the molecule is NCc1ccc(Oc2ccc(Br)cn2)cc1. The van der Waals surface area contributed by atoms with Crippen LogP contribution in [0.1, 0.15) is 5.56 Å². The van der Waals surface area contributed by atoms with Crippen LogP contribution in [-0.2, 0) is 6.54 Å². The summed E-state index contributed by atoms with van der Waals surface area (Å²) in [6.45, 7) is 0.539. The summed E-state index contributed by atoms with van der Waals surface area (Å²) in [5.41, 5.74) is 6.59. The molecule has 1 heterocycles. The zero-order chi connectivity index (χ0) is 11.4. The Labute approximate surface area is 102 Å². The first-order valence-electron chi connectivity index (χ1n) is 4.86. The maximum absolute atomic E-state index is 5.56. The lowest BCUT2D eigenvalue weighted by Gasteiger charge is -2.05. The van der Waals surface area contributed by atoms with Crippen molar-refractivity contribution >= 4 is 15.9 Å². The number of halogens is 1. The predicted octanol–water partition coefficient (Wildman–Crippen LogP) is 3.10. The van der Waals surface area contributed by atoms with Gasteiger partial charge < -0.3 is 10.5 Å². The zero-order valence-electron chi connectivity index (χ0n) is 8.56. The van der Waals surface area contributed by atoms with E-state index in [1.54, 1.807) is 12.3 Å². The van der Waals surface area contributed by atoms with Gasteiger partial charge >= 0.3 is 0 Å². The van der Waals surface area contributed by atoms with E-state index in [4.69, 9.17) is 10.5 Å². The van der Waals surface area contributed by atoms with Gasteiger partial charge in [0.1, 0.15) is 5.75 Å². The third kappa shape index (κ3) is 2.81. The van der Waals surface area contributed by atoms with E-state index in [2.05, 4.69) is 20.9 Å². The number of pyridine rings is 1. The van der Waals surface area contributed by atoms with Crippen molar-refractivity contribution in [1.29, 1.82) is 0 Å². The number of hydrogen-bond donors (Lipinski definition) is 1. The molecule has 0 spiro atoms. The number of hydrogen-bond acceptors (Lipinski definition) is 3.